The van der Waals surface area contributed by atoms with Crippen LogP contribution in [0.25, 0.3) is 0 Å². The van der Waals surface area contributed by atoms with E-state index in [-0.39, 0.29) is 0 Å². The molecule has 0 saturated heterocycles. The van der Waals surface area contributed by atoms with Gasteiger partial charge in [-0.05, 0) is 109 Å². The second kappa shape index (κ2) is 6.14. The van der Waals surface area contributed by atoms with Gasteiger partial charge < -0.3 is 0 Å². The molecule has 1 aromatic carbocycles. The third kappa shape index (κ3) is 2.46. The van der Waals surface area contributed by atoms with Crippen LogP contribution in [-0.4, -0.2) is 0 Å². The summed E-state index contributed by atoms with van der Waals surface area (Å²) in [5.41, 5.74) is 8.83. The highest BCUT2D eigenvalue weighted by Crippen LogP contribution is 2.53. The molecule has 0 aliphatic heterocycles. The zero-order chi connectivity index (χ0) is 17.1. The molecule has 0 radical (unpaired) electrons. The minimum Gasteiger partial charge on any atom is -0.0581 e. The van der Waals surface area contributed by atoms with Crippen LogP contribution in [-0.2, 0) is 12.8 Å². The fourth-order valence-corrected chi connectivity index (χ4v) is 7.89. The van der Waals surface area contributed by atoms with E-state index in [9.17, 15) is 0 Å². The molecule has 0 bridgehead atoms. The van der Waals surface area contributed by atoms with Crippen LogP contribution in [0.2, 0.25) is 0 Å². The van der Waals surface area contributed by atoms with Gasteiger partial charge in [-0.3, -0.25) is 0 Å². The number of rotatable bonds is 0. The van der Waals surface area contributed by atoms with Crippen molar-refractivity contribution in [1.29, 1.82) is 0 Å². The Morgan fingerprint density at radius 2 is 1.12 bits per heavy atom. The Kier molecular flexibility index (Phi) is 4.03. The number of fused-ring (bicyclic) bond motifs is 4. The molecule has 6 atom stereocenters. The Hall–Kier alpha value is -0.780. The van der Waals surface area contributed by atoms with Crippen molar-refractivity contribution in [3.05, 3.63) is 33.9 Å². The van der Waals surface area contributed by atoms with Crippen molar-refractivity contribution in [3.63, 3.8) is 0 Å². The van der Waals surface area contributed by atoms with E-state index in [1.807, 2.05) is 0 Å². The van der Waals surface area contributed by atoms with Gasteiger partial charge in [-0.25, -0.2) is 0 Å². The predicted molar refractivity (Wildman–Crippen MR) is 106 cm³/mol. The van der Waals surface area contributed by atoms with Crippen molar-refractivity contribution >= 4 is 0 Å². The maximum Gasteiger partial charge on any atom is -0.0154 e. The first-order valence-electron chi connectivity index (χ1n) is 11.3. The lowest BCUT2D eigenvalue weighted by Crippen LogP contribution is -2.35. The fourth-order valence-electron chi connectivity index (χ4n) is 7.89. The molecule has 5 rings (SSSR count). The number of hydrogen-bond donors (Lipinski definition) is 0. The topological polar surface area (TPSA) is 0 Å². The summed E-state index contributed by atoms with van der Waals surface area (Å²) in [6.07, 6.45) is 14.7. The van der Waals surface area contributed by atoms with E-state index in [0.717, 1.165) is 35.5 Å². The summed E-state index contributed by atoms with van der Waals surface area (Å²) in [5, 5.41) is 0. The van der Waals surface area contributed by atoms with Crippen molar-refractivity contribution in [2.45, 2.75) is 96.8 Å². The number of hydrogen-bond acceptors (Lipinski definition) is 0. The van der Waals surface area contributed by atoms with E-state index in [2.05, 4.69) is 26.8 Å². The second-order valence-electron chi connectivity index (χ2n) is 10.0. The molecule has 0 amide bonds. The van der Waals surface area contributed by atoms with E-state index in [1.165, 1.54) is 64.2 Å². The number of benzene rings is 1. The largest absolute Gasteiger partial charge is 0.0581 e. The quantitative estimate of drug-likeness (QED) is 0.482. The highest BCUT2D eigenvalue weighted by molar-refractivity contribution is 5.51. The first-order chi connectivity index (χ1) is 12.1. The van der Waals surface area contributed by atoms with Crippen LogP contribution in [0.15, 0.2) is 6.07 Å². The maximum atomic E-state index is 2.71. The third-order valence-corrected chi connectivity index (χ3v) is 8.94. The Morgan fingerprint density at radius 3 is 1.60 bits per heavy atom. The van der Waals surface area contributed by atoms with Gasteiger partial charge in [-0.15, -0.1) is 0 Å². The Balaban J connectivity index is 1.60. The summed E-state index contributed by atoms with van der Waals surface area (Å²) < 4.78 is 0. The summed E-state index contributed by atoms with van der Waals surface area (Å²) in [6.45, 7) is 7.63. The zero-order valence-electron chi connectivity index (χ0n) is 16.6. The Bertz CT molecular complexity index is 615. The lowest BCUT2D eigenvalue weighted by molar-refractivity contribution is 0.183. The molecule has 2 saturated carbocycles. The van der Waals surface area contributed by atoms with Crippen molar-refractivity contribution in [2.75, 3.05) is 0 Å². The van der Waals surface area contributed by atoms with Crippen LogP contribution >= 0.6 is 0 Å². The molecule has 0 spiro atoms. The molecule has 1 unspecified atom stereocenters. The van der Waals surface area contributed by atoms with Crippen LogP contribution in [0.4, 0.5) is 0 Å². The van der Waals surface area contributed by atoms with Gasteiger partial charge >= 0.3 is 0 Å². The summed E-state index contributed by atoms with van der Waals surface area (Å²) in [5.74, 6) is 5.51. The first-order valence-corrected chi connectivity index (χ1v) is 11.3. The van der Waals surface area contributed by atoms with E-state index < -0.39 is 0 Å². The highest BCUT2D eigenvalue weighted by Gasteiger charge is 2.41. The van der Waals surface area contributed by atoms with E-state index in [0.29, 0.717) is 0 Å². The molecule has 0 nitrogen and oxygen atoms in total. The van der Waals surface area contributed by atoms with Crippen LogP contribution in [0.1, 0.15) is 105 Å². The van der Waals surface area contributed by atoms with E-state index in [4.69, 9.17) is 0 Å². The highest BCUT2D eigenvalue weighted by atomic mass is 14.5. The third-order valence-electron chi connectivity index (χ3n) is 8.94. The maximum absolute atomic E-state index is 2.71. The minimum atomic E-state index is 0.802. The van der Waals surface area contributed by atoms with Crippen LogP contribution in [0.3, 0.4) is 0 Å². The first kappa shape index (κ1) is 16.4. The second-order valence-corrected chi connectivity index (χ2v) is 10.0. The van der Waals surface area contributed by atoms with Crippen molar-refractivity contribution in [1.82, 2.24) is 0 Å². The lowest BCUT2D eigenvalue weighted by atomic mass is 9.59. The van der Waals surface area contributed by atoms with Crippen LogP contribution < -0.4 is 0 Å². The van der Waals surface area contributed by atoms with E-state index >= 15 is 0 Å². The molecule has 25 heavy (non-hydrogen) atoms. The molecule has 0 heterocycles. The summed E-state index contributed by atoms with van der Waals surface area (Å²) in [6, 6.07) is 2.71. The van der Waals surface area contributed by atoms with Gasteiger partial charge in [0, 0.05) is 0 Å². The molecule has 0 heteroatoms. The van der Waals surface area contributed by atoms with Crippen LogP contribution in [0.5, 0.6) is 0 Å². The van der Waals surface area contributed by atoms with Crippen molar-refractivity contribution in [3.8, 4) is 0 Å². The minimum absolute atomic E-state index is 0.802. The molecular weight excluding hydrogens is 300 g/mol. The molecule has 1 aromatic rings. The zero-order valence-corrected chi connectivity index (χ0v) is 16.6. The standard InChI is InChI=1S/C25H36/c1-15-22-10-6-4-8-18(22)12-20-14-21-13-19-9-5-7-11-23(19)16(2)25(21)17(3)24(15)20/h14-16,18-19,22-23H,4-13H2,1-3H3/t15-,16?,18-,19+,22+,23-/m0/s1. The average Bonchev–Trinajstić information content (AvgIpc) is 2.61. The van der Waals surface area contributed by atoms with Gasteiger partial charge in [0.15, 0.2) is 0 Å². The summed E-state index contributed by atoms with van der Waals surface area (Å²) in [7, 11) is 0. The summed E-state index contributed by atoms with van der Waals surface area (Å²) >= 11 is 0. The van der Waals surface area contributed by atoms with E-state index in [1.54, 1.807) is 27.8 Å². The molecule has 0 aromatic heterocycles. The Morgan fingerprint density at radius 1 is 0.680 bits per heavy atom. The van der Waals surface area contributed by atoms with Gasteiger partial charge in [0.2, 0.25) is 0 Å². The molecule has 4 aliphatic rings. The SMILES string of the molecule is Cc1c2c(cc3c1[C@@H](C)[C@H]1CCCC[C@H]1C3)C[C@H]1CCCC[C@H]1C2C. The van der Waals surface area contributed by atoms with Gasteiger partial charge in [0.1, 0.15) is 0 Å². The molecule has 2 fully saturated rings. The van der Waals surface area contributed by atoms with Crippen molar-refractivity contribution in [2.24, 2.45) is 23.7 Å². The smallest absolute Gasteiger partial charge is 0.0154 e. The van der Waals surface area contributed by atoms with Gasteiger partial charge in [-0.2, -0.15) is 0 Å². The normalized spacial score (nSPS) is 39.8. The van der Waals surface area contributed by atoms with Crippen LogP contribution in [0, 0.1) is 30.6 Å². The molecule has 0 N–H and O–H groups in total. The fraction of sp³-hybridized carbons (Fsp3) is 0.760. The average molecular weight is 337 g/mol. The monoisotopic (exact) mass is 336 g/mol. The molecule has 136 valence electrons. The predicted octanol–water partition coefficient (Wildman–Crippen LogP) is 6.93. The molecule has 4 aliphatic carbocycles. The van der Waals surface area contributed by atoms with Gasteiger partial charge in [0.05, 0.1) is 0 Å². The lowest BCUT2D eigenvalue weighted by Gasteiger charge is -2.46. The van der Waals surface area contributed by atoms with Gasteiger partial charge in [-0.1, -0.05) is 45.6 Å². The molecular formula is C25H36. The summed E-state index contributed by atoms with van der Waals surface area (Å²) in [4.78, 5) is 0. The van der Waals surface area contributed by atoms with Crippen molar-refractivity contribution < 1.29 is 0 Å². The Labute approximate surface area is 154 Å². The van der Waals surface area contributed by atoms with Gasteiger partial charge in [0.25, 0.3) is 0 Å².